The Labute approximate surface area is 81.8 Å². The summed E-state index contributed by atoms with van der Waals surface area (Å²) in [5.74, 6) is 0. The summed E-state index contributed by atoms with van der Waals surface area (Å²) in [6, 6.07) is 3.75. The van der Waals surface area contributed by atoms with Gasteiger partial charge in [-0.25, -0.2) is 4.68 Å². The van der Waals surface area contributed by atoms with Gasteiger partial charge >= 0.3 is 0 Å². The van der Waals surface area contributed by atoms with Crippen LogP contribution in [0, 0.1) is 6.92 Å². The number of aromatic nitrogens is 3. The SMILES string of the molecule is Cc1cc(-n2cccn2)c(CO)cn1. The molecule has 0 spiro atoms. The quantitative estimate of drug-likeness (QED) is 0.768. The number of aryl methyl sites for hydroxylation is 1. The smallest absolute Gasteiger partial charge is 0.0734 e. The molecule has 2 heterocycles. The lowest BCUT2D eigenvalue weighted by molar-refractivity contribution is 0.281. The van der Waals surface area contributed by atoms with Gasteiger partial charge in [0.1, 0.15) is 0 Å². The minimum atomic E-state index is -0.0253. The molecule has 2 aromatic heterocycles. The first-order chi connectivity index (χ1) is 6.81. The second kappa shape index (κ2) is 3.59. The number of hydrogen-bond acceptors (Lipinski definition) is 3. The minimum absolute atomic E-state index is 0.0253. The van der Waals surface area contributed by atoms with Crippen molar-refractivity contribution in [3.8, 4) is 5.69 Å². The predicted octanol–water partition coefficient (Wildman–Crippen LogP) is 1.07. The molecule has 72 valence electrons. The lowest BCUT2D eigenvalue weighted by Gasteiger charge is -2.07. The van der Waals surface area contributed by atoms with Crippen molar-refractivity contribution in [2.75, 3.05) is 0 Å². The van der Waals surface area contributed by atoms with Crippen LogP contribution in [-0.4, -0.2) is 19.9 Å². The van der Waals surface area contributed by atoms with Crippen molar-refractivity contribution < 1.29 is 5.11 Å². The summed E-state index contributed by atoms with van der Waals surface area (Å²) in [7, 11) is 0. The zero-order chi connectivity index (χ0) is 9.97. The maximum Gasteiger partial charge on any atom is 0.0734 e. The highest BCUT2D eigenvalue weighted by atomic mass is 16.3. The Bertz CT molecular complexity index is 423. The summed E-state index contributed by atoms with van der Waals surface area (Å²) in [6.07, 6.45) is 5.22. The normalized spacial score (nSPS) is 10.4. The number of nitrogens with zero attached hydrogens (tertiary/aromatic N) is 3. The third kappa shape index (κ3) is 1.52. The first-order valence-electron chi connectivity index (χ1n) is 4.37. The molecule has 0 aliphatic heterocycles. The van der Waals surface area contributed by atoms with E-state index in [9.17, 15) is 0 Å². The van der Waals surface area contributed by atoms with Crippen LogP contribution in [0.4, 0.5) is 0 Å². The molecule has 0 aliphatic rings. The van der Waals surface area contributed by atoms with E-state index in [2.05, 4.69) is 10.1 Å². The molecular formula is C10H11N3O. The summed E-state index contributed by atoms with van der Waals surface area (Å²) < 4.78 is 1.72. The summed E-state index contributed by atoms with van der Waals surface area (Å²) in [4.78, 5) is 4.12. The molecule has 0 aromatic carbocycles. The van der Waals surface area contributed by atoms with Gasteiger partial charge in [-0.1, -0.05) is 0 Å². The fourth-order valence-corrected chi connectivity index (χ4v) is 1.32. The van der Waals surface area contributed by atoms with Gasteiger partial charge in [0.25, 0.3) is 0 Å². The molecule has 0 amide bonds. The maximum atomic E-state index is 9.13. The van der Waals surface area contributed by atoms with Crippen LogP contribution in [0.1, 0.15) is 11.3 Å². The van der Waals surface area contributed by atoms with Crippen LogP contribution in [0.2, 0.25) is 0 Å². The molecule has 0 fully saturated rings. The van der Waals surface area contributed by atoms with E-state index < -0.39 is 0 Å². The molecule has 2 aromatic rings. The fraction of sp³-hybridized carbons (Fsp3) is 0.200. The Hall–Kier alpha value is -1.68. The molecule has 0 atom stereocenters. The number of aliphatic hydroxyl groups excluding tert-OH is 1. The monoisotopic (exact) mass is 189 g/mol. The molecule has 0 aliphatic carbocycles. The van der Waals surface area contributed by atoms with E-state index in [1.165, 1.54) is 0 Å². The standard InChI is InChI=1S/C10H11N3O/c1-8-5-10(9(7-14)6-11-8)13-4-2-3-12-13/h2-6,14H,7H2,1H3. The van der Waals surface area contributed by atoms with E-state index in [4.69, 9.17) is 5.11 Å². The predicted molar refractivity (Wildman–Crippen MR) is 52.0 cm³/mol. The van der Waals surface area contributed by atoms with Gasteiger partial charge < -0.3 is 5.11 Å². The average molecular weight is 189 g/mol. The molecule has 1 N–H and O–H groups in total. The first-order valence-corrected chi connectivity index (χ1v) is 4.37. The highest BCUT2D eigenvalue weighted by Crippen LogP contribution is 2.13. The van der Waals surface area contributed by atoms with Gasteiger partial charge in [0.2, 0.25) is 0 Å². The van der Waals surface area contributed by atoms with E-state index in [1.807, 2.05) is 25.3 Å². The first kappa shape index (κ1) is 8.90. The van der Waals surface area contributed by atoms with Gasteiger partial charge in [-0.05, 0) is 19.1 Å². The van der Waals surface area contributed by atoms with Crippen molar-refractivity contribution in [3.05, 3.63) is 42.0 Å². The van der Waals surface area contributed by atoms with E-state index >= 15 is 0 Å². The van der Waals surface area contributed by atoms with Crippen LogP contribution in [0.5, 0.6) is 0 Å². The number of aliphatic hydroxyl groups is 1. The van der Waals surface area contributed by atoms with Crippen LogP contribution in [0.25, 0.3) is 5.69 Å². The van der Waals surface area contributed by atoms with E-state index in [0.29, 0.717) is 0 Å². The topological polar surface area (TPSA) is 50.9 Å². The molecule has 0 unspecified atom stereocenters. The summed E-state index contributed by atoms with van der Waals surface area (Å²) >= 11 is 0. The van der Waals surface area contributed by atoms with Crippen LogP contribution in [0.15, 0.2) is 30.7 Å². The maximum absolute atomic E-state index is 9.13. The molecule has 0 radical (unpaired) electrons. The van der Waals surface area contributed by atoms with E-state index in [-0.39, 0.29) is 6.61 Å². The van der Waals surface area contributed by atoms with Crippen molar-refractivity contribution in [2.45, 2.75) is 13.5 Å². The van der Waals surface area contributed by atoms with Crippen molar-refractivity contribution in [3.63, 3.8) is 0 Å². The van der Waals surface area contributed by atoms with E-state index in [0.717, 1.165) is 16.9 Å². The zero-order valence-corrected chi connectivity index (χ0v) is 7.88. The highest BCUT2D eigenvalue weighted by Gasteiger charge is 2.04. The fourth-order valence-electron chi connectivity index (χ4n) is 1.32. The molecule has 0 saturated carbocycles. The Morgan fingerprint density at radius 3 is 3.00 bits per heavy atom. The Balaban J connectivity index is 2.55. The lowest BCUT2D eigenvalue weighted by Crippen LogP contribution is -2.02. The van der Waals surface area contributed by atoms with Crippen LogP contribution in [0.3, 0.4) is 0 Å². The molecule has 4 nitrogen and oxygen atoms in total. The minimum Gasteiger partial charge on any atom is -0.392 e. The van der Waals surface area contributed by atoms with Gasteiger partial charge in [0, 0.05) is 29.8 Å². The van der Waals surface area contributed by atoms with Crippen molar-refractivity contribution in [1.82, 2.24) is 14.8 Å². The molecular weight excluding hydrogens is 178 g/mol. The third-order valence-electron chi connectivity index (χ3n) is 2.02. The van der Waals surface area contributed by atoms with Gasteiger partial charge in [-0.2, -0.15) is 5.10 Å². The summed E-state index contributed by atoms with van der Waals surface area (Å²) in [6.45, 7) is 1.89. The molecule has 4 heteroatoms. The van der Waals surface area contributed by atoms with Crippen LogP contribution >= 0.6 is 0 Å². The molecule has 2 rings (SSSR count). The van der Waals surface area contributed by atoms with Crippen LogP contribution in [-0.2, 0) is 6.61 Å². The van der Waals surface area contributed by atoms with Gasteiger partial charge in [0.05, 0.1) is 12.3 Å². The van der Waals surface area contributed by atoms with Gasteiger partial charge in [0.15, 0.2) is 0 Å². The number of rotatable bonds is 2. The molecule has 14 heavy (non-hydrogen) atoms. The largest absolute Gasteiger partial charge is 0.392 e. The Morgan fingerprint density at radius 1 is 1.50 bits per heavy atom. The number of pyridine rings is 1. The van der Waals surface area contributed by atoms with Crippen LogP contribution < -0.4 is 0 Å². The Morgan fingerprint density at radius 2 is 2.36 bits per heavy atom. The molecule has 0 saturated heterocycles. The van der Waals surface area contributed by atoms with E-state index in [1.54, 1.807) is 17.1 Å². The Kier molecular flexibility index (Phi) is 2.28. The van der Waals surface area contributed by atoms with Crippen molar-refractivity contribution >= 4 is 0 Å². The lowest BCUT2D eigenvalue weighted by atomic mass is 10.2. The second-order valence-electron chi connectivity index (χ2n) is 3.06. The van der Waals surface area contributed by atoms with Gasteiger partial charge in [-0.3, -0.25) is 4.98 Å². The van der Waals surface area contributed by atoms with Crippen molar-refractivity contribution in [2.24, 2.45) is 0 Å². The summed E-state index contributed by atoms with van der Waals surface area (Å²) in [5.41, 5.74) is 2.57. The number of hydrogen-bond donors (Lipinski definition) is 1. The summed E-state index contributed by atoms with van der Waals surface area (Å²) in [5, 5.41) is 13.2. The zero-order valence-electron chi connectivity index (χ0n) is 7.88. The van der Waals surface area contributed by atoms with Gasteiger partial charge in [-0.15, -0.1) is 0 Å². The molecule has 0 bridgehead atoms. The highest BCUT2D eigenvalue weighted by molar-refractivity contribution is 5.39. The third-order valence-corrected chi connectivity index (χ3v) is 2.02. The van der Waals surface area contributed by atoms with Crippen molar-refractivity contribution in [1.29, 1.82) is 0 Å². The average Bonchev–Trinajstić information content (AvgIpc) is 2.70. The second-order valence-corrected chi connectivity index (χ2v) is 3.06.